The molecule has 0 unspecified atom stereocenters. The zero-order valence-corrected chi connectivity index (χ0v) is 14.4. The molecule has 5 nitrogen and oxygen atoms in total. The summed E-state index contributed by atoms with van der Waals surface area (Å²) in [7, 11) is 0. The highest BCUT2D eigenvalue weighted by atomic mass is 79.9. The van der Waals surface area contributed by atoms with Gasteiger partial charge in [0.25, 0.3) is 5.91 Å². The van der Waals surface area contributed by atoms with Crippen LogP contribution in [-0.2, 0) is 6.42 Å². The van der Waals surface area contributed by atoms with Crippen LogP contribution in [0.3, 0.4) is 0 Å². The maximum Gasteiger partial charge on any atom is 0.257 e. The molecule has 21 heavy (non-hydrogen) atoms. The summed E-state index contributed by atoms with van der Waals surface area (Å²) in [5, 5.41) is 12.1. The van der Waals surface area contributed by atoms with Crippen LogP contribution in [0.2, 0.25) is 0 Å². The van der Waals surface area contributed by atoms with Crippen molar-refractivity contribution in [3.8, 4) is 5.75 Å². The molecule has 0 aliphatic carbocycles. The van der Waals surface area contributed by atoms with Crippen molar-refractivity contribution in [2.24, 2.45) is 0 Å². The average molecular weight is 370 g/mol. The van der Waals surface area contributed by atoms with Gasteiger partial charge < -0.3 is 4.74 Å². The summed E-state index contributed by atoms with van der Waals surface area (Å²) in [4.78, 5) is 12.2. The second-order valence-corrected chi connectivity index (χ2v) is 6.54. The van der Waals surface area contributed by atoms with Crippen LogP contribution in [-0.4, -0.2) is 22.2 Å². The minimum Gasteiger partial charge on any atom is -0.490 e. The number of nitrogens with one attached hydrogen (secondary N) is 1. The highest BCUT2D eigenvalue weighted by Gasteiger charge is 2.12. The highest BCUT2D eigenvalue weighted by molar-refractivity contribution is 9.10. The van der Waals surface area contributed by atoms with E-state index in [0.29, 0.717) is 16.4 Å². The molecule has 2 rings (SSSR count). The number of hydrogen-bond donors (Lipinski definition) is 1. The van der Waals surface area contributed by atoms with E-state index in [-0.39, 0.29) is 12.0 Å². The Morgan fingerprint density at radius 2 is 2.19 bits per heavy atom. The third-order valence-corrected chi connectivity index (χ3v) is 4.15. The van der Waals surface area contributed by atoms with E-state index in [4.69, 9.17) is 4.74 Å². The van der Waals surface area contributed by atoms with Gasteiger partial charge in [-0.25, -0.2) is 0 Å². The summed E-state index contributed by atoms with van der Waals surface area (Å²) in [6, 6.07) is 5.23. The fourth-order valence-electron chi connectivity index (χ4n) is 1.61. The second kappa shape index (κ2) is 7.00. The van der Waals surface area contributed by atoms with Gasteiger partial charge in [-0.1, -0.05) is 18.3 Å². The lowest BCUT2D eigenvalue weighted by Crippen LogP contribution is -2.12. The van der Waals surface area contributed by atoms with Crippen LogP contribution in [0.15, 0.2) is 22.7 Å². The van der Waals surface area contributed by atoms with Crippen LogP contribution in [0, 0.1) is 0 Å². The van der Waals surface area contributed by atoms with Crippen LogP contribution < -0.4 is 10.1 Å². The Kier molecular flexibility index (Phi) is 5.30. The number of halogens is 1. The minimum absolute atomic E-state index is 0.0786. The van der Waals surface area contributed by atoms with Crippen molar-refractivity contribution in [1.29, 1.82) is 0 Å². The van der Waals surface area contributed by atoms with Crippen molar-refractivity contribution in [2.75, 3.05) is 5.32 Å². The molecule has 1 amide bonds. The maximum absolute atomic E-state index is 12.2. The second-order valence-electron chi connectivity index (χ2n) is 4.62. The molecule has 1 heterocycles. The molecule has 1 aromatic carbocycles. The number of nitrogens with zero attached hydrogens (tertiary/aromatic N) is 2. The number of hydrogen-bond acceptors (Lipinski definition) is 5. The number of benzene rings is 1. The fourth-order valence-corrected chi connectivity index (χ4v) is 2.75. The first-order valence-corrected chi connectivity index (χ1v) is 8.20. The van der Waals surface area contributed by atoms with Crippen molar-refractivity contribution in [3.63, 3.8) is 0 Å². The maximum atomic E-state index is 12.2. The first-order chi connectivity index (χ1) is 9.99. The first-order valence-electron chi connectivity index (χ1n) is 6.59. The standard InChI is InChI=1S/C14H16BrN3O2S/c1-4-12-17-18-14(21-12)16-13(19)9-5-6-11(10(15)7-9)20-8(2)3/h5-8H,4H2,1-3H3,(H,16,18,19). The summed E-state index contributed by atoms with van der Waals surface area (Å²) in [5.74, 6) is 0.497. The molecule has 7 heteroatoms. The quantitative estimate of drug-likeness (QED) is 0.867. The van der Waals surface area contributed by atoms with Gasteiger partial charge in [0.2, 0.25) is 5.13 Å². The molecule has 0 spiro atoms. The third kappa shape index (κ3) is 4.25. The summed E-state index contributed by atoms with van der Waals surface area (Å²) >= 11 is 4.80. The van der Waals surface area contributed by atoms with Crippen LogP contribution in [0.5, 0.6) is 5.75 Å². The van der Waals surface area contributed by atoms with Gasteiger partial charge in [0, 0.05) is 5.56 Å². The Morgan fingerprint density at radius 3 is 2.76 bits per heavy atom. The number of aromatic nitrogens is 2. The molecule has 0 aliphatic heterocycles. The van der Waals surface area contributed by atoms with E-state index >= 15 is 0 Å². The lowest BCUT2D eigenvalue weighted by molar-refractivity contribution is 0.102. The predicted molar refractivity (Wildman–Crippen MR) is 87.1 cm³/mol. The van der Waals surface area contributed by atoms with Crippen molar-refractivity contribution < 1.29 is 9.53 Å². The molecule has 0 atom stereocenters. The van der Waals surface area contributed by atoms with Gasteiger partial charge in [-0.05, 0) is 54.4 Å². The lowest BCUT2D eigenvalue weighted by Gasteiger charge is -2.12. The van der Waals surface area contributed by atoms with Gasteiger partial charge >= 0.3 is 0 Å². The molecule has 0 bridgehead atoms. The van der Waals surface area contributed by atoms with Gasteiger partial charge in [-0.15, -0.1) is 10.2 Å². The van der Waals surface area contributed by atoms with E-state index in [0.717, 1.165) is 15.9 Å². The Hall–Kier alpha value is -1.47. The van der Waals surface area contributed by atoms with E-state index in [9.17, 15) is 4.79 Å². The average Bonchev–Trinajstić information content (AvgIpc) is 2.88. The van der Waals surface area contributed by atoms with E-state index < -0.39 is 0 Å². The number of carbonyl (C=O) groups excluding carboxylic acids is 1. The normalized spacial score (nSPS) is 10.7. The van der Waals surface area contributed by atoms with Crippen molar-refractivity contribution in [1.82, 2.24) is 10.2 Å². The molecule has 2 aromatic rings. The predicted octanol–water partition coefficient (Wildman–Crippen LogP) is 3.90. The molecule has 0 saturated heterocycles. The largest absolute Gasteiger partial charge is 0.490 e. The van der Waals surface area contributed by atoms with Crippen LogP contribution >= 0.6 is 27.3 Å². The minimum atomic E-state index is -0.217. The highest BCUT2D eigenvalue weighted by Crippen LogP contribution is 2.27. The van der Waals surface area contributed by atoms with Crippen LogP contribution in [0.25, 0.3) is 0 Å². The third-order valence-electron chi connectivity index (χ3n) is 2.55. The molecular weight excluding hydrogens is 354 g/mol. The number of amides is 1. The summed E-state index contributed by atoms with van der Waals surface area (Å²) in [6.07, 6.45) is 0.884. The monoisotopic (exact) mass is 369 g/mol. The number of carbonyl (C=O) groups is 1. The number of anilines is 1. The molecule has 0 saturated carbocycles. The number of aryl methyl sites for hydroxylation is 1. The van der Waals surface area contributed by atoms with Gasteiger partial charge in [-0.3, -0.25) is 10.1 Å². The molecular formula is C14H16BrN3O2S. The van der Waals surface area contributed by atoms with E-state index in [1.165, 1.54) is 11.3 Å². The van der Waals surface area contributed by atoms with Crippen LogP contribution in [0.1, 0.15) is 36.1 Å². The van der Waals surface area contributed by atoms with E-state index in [2.05, 4.69) is 31.4 Å². The summed E-state index contributed by atoms with van der Waals surface area (Å²) in [5.41, 5.74) is 0.534. The van der Waals surface area contributed by atoms with Gasteiger partial charge in [-0.2, -0.15) is 0 Å². The van der Waals surface area contributed by atoms with Gasteiger partial charge in [0.05, 0.1) is 10.6 Å². The molecule has 1 aromatic heterocycles. The van der Waals surface area contributed by atoms with E-state index in [1.807, 2.05) is 20.8 Å². The Morgan fingerprint density at radius 1 is 1.43 bits per heavy atom. The zero-order chi connectivity index (χ0) is 15.4. The SMILES string of the molecule is CCc1nnc(NC(=O)c2ccc(OC(C)C)c(Br)c2)s1. The van der Waals surface area contributed by atoms with Crippen molar-refractivity contribution in [2.45, 2.75) is 33.3 Å². The molecule has 0 fully saturated rings. The molecule has 0 aliphatic rings. The Labute approximate surface area is 135 Å². The Bertz CT molecular complexity index is 643. The molecule has 112 valence electrons. The smallest absolute Gasteiger partial charge is 0.257 e. The number of rotatable bonds is 5. The van der Waals surface area contributed by atoms with E-state index in [1.54, 1.807) is 18.2 Å². The van der Waals surface area contributed by atoms with Gasteiger partial charge in [0.15, 0.2) is 0 Å². The van der Waals surface area contributed by atoms with Crippen molar-refractivity contribution >= 4 is 38.3 Å². The Balaban J connectivity index is 2.10. The zero-order valence-electron chi connectivity index (χ0n) is 12.0. The van der Waals surface area contributed by atoms with Crippen LogP contribution in [0.4, 0.5) is 5.13 Å². The molecule has 1 N–H and O–H groups in total. The lowest BCUT2D eigenvalue weighted by atomic mass is 10.2. The summed E-state index contributed by atoms with van der Waals surface area (Å²) < 4.78 is 6.36. The van der Waals surface area contributed by atoms with Crippen molar-refractivity contribution in [3.05, 3.63) is 33.2 Å². The summed E-state index contributed by atoms with van der Waals surface area (Å²) in [6.45, 7) is 5.90. The topological polar surface area (TPSA) is 64.1 Å². The number of ether oxygens (including phenoxy) is 1. The van der Waals surface area contributed by atoms with Gasteiger partial charge in [0.1, 0.15) is 10.8 Å². The fraction of sp³-hybridized carbons (Fsp3) is 0.357. The first kappa shape index (κ1) is 15.9. The molecule has 0 radical (unpaired) electrons.